The Balaban J connectivity index is 2.39. The van der Waals surface area contributed by atoms with Crippen molar-refractivity contribution in [3.05, 3.63) is 23.8 Å². The van der Waals surface area contributed by atoms with Crippen LogP contribution in [0.2, 0.25) is 0 Å². The molecule has 0 radical (unpaired) electrons. The Hall–Kier alpha value is -0.850. The second-order valence-electron chi connectivity index (χ2n) is 2.34. The highest BCUT2D eigenvalue weighted by Crippen LogP contribution is 2.13. The summed E-state index contributed by atoms with van der Waals surface area (Å²) in [6.45, 7) is 1.62. The predicted octanol–water partition coefficient (Wildman–Crippen LogP) is 1.85. The Morgan fingerprint density at radius 2 is 2.56 bits per heavy atom. The van der Waals surface area contributed by atoms with E-state index in [1.807, 2.05) is 12.2 Å². The van der Waals surface area contributed by atoms with Crippen molar-refractivity contribution in [2.75, 3.05) is 0 Å². The van der Waals surface area contributed by atoms with Crippen LogP contribution >= 0.6 is 0 Å². The summed E-state index contributed by atoms with van der Waals surface area (Å²) in [5.74, 6) is 0.255. The van der Waals surface area contributed by atoms with Crippen LogP contribution in [0.5, 0.6) is 0 Å². The number of rotatable bonds is 2. The fraction of sp³-hybridized carbons (Fsp3) is 0.375. The molecule has 0 saturated heterocycles. The summed E-state index contributed by atoms with van der Waals surface area (Å²) in [5.41, 5.74) is 1.24. The molecule has 0 aliphatic heterocycles. The van der Waals surface area contributed by atoms with Gasteiger partial charge >= 0.3 is 0 Å². The first-order chi connectivity index (χ1) is 4.29. The Labute approximate surface area is 55.1 Å². The lowest BCUT2D eigenvalue weighted by atomic mass is 10.1. The average molecular weight is 122 g/mol. The first kappa shape index (κ1) is 6.27. The summed E-state index contributed by atoms with van der Waals surface area (Å²) < 4.78 is 0. The molecule has 1 rings (SSSR count). The van der Waals surface area contributed by atoms with Crippen molar-refractivity contribution < 1.29 is 4.79 Å². The van der Waals surface area contributed by atoms with E-state index in [0.29, 0.717) is 6.42 Å². The lowest BCUT2D eigenvalue weighted by Crippen LogP contribution is -1.90. The molecule has 1 aliphatic rings. The van der Waals surface area contributed by atoms with Crippen molar-refractivity contribution in [3.63, 3.8) is 0 Å². The van der Waals surface area contributed by atoms with Crippen molar-refractivity contribution in [2.24, 2.45) is 0 Å². The smallest absolute Gasteiger partial charge is 0.133 e. The number of allylic oxidation sites excluding steroid dienone is 4. The highest BCUT2D eigenvalue weighted by atomic mass is 16.1. The van der Waals surface area contributed by atoms with E-state index in [9.17, 15) is 4.79 Å². The number of Topliss-reactive ketones (excluding diaryl/α,β-unsaturated/α-hetero) is 1. The number of carbonyl (C=O) groups is 1. The standard InChI is InChI=1S/C8H10O/c1-7(9)6-8-4-2-3-5-8/h2-4H,5-6H2,1H3. The van der Waals surface area contributed by atoms with Crippen LogP contribution in [0.1, 0.15) is 19.8 Å². The molecular formula is C8H10O. The van der Waals surface area contributed by atoms with Crippen LogP contribution in [0.3, 0.4) is 0 Å². The van der Waals surface area contributed by atoms with Gasteiger partial charge in [-0.3, -0.25) is 4.79 Å². The third-order valence-corrected chi connectivity index (χ3v) is 1.32. The summed E-state index contributed by atoms with van der Waals surface area (Å²) >= 11 is 0. The summed E-state index contributed by atoms with van der Waals surface area (Å²) in [5, 5.41) is 0. The fourth-order valence-corrected chi connectivity index (χ4v) is 0.942. The normalized spacial score (nSPS) is 15.9. The van der Waals surface area contributed by atoms with Crippen molar-refractivity contribution >= 4 is 5.78 Å². The van der Waals surface area contributed by atoms with Crippen molar-refractivity contribution in [2.45, 2.75) is 19.8 Å². The van der Waals surface area contributed by atoms with Gasteiger partial charge < -0.3 is 0 Å². The summed E-state index contributed by atoms with van der Waals surface area (Å²) in [7, 11) is 0. The minimum absolute atomic E-state index is 0.255. The van der Waals surface area contributed by atoms with Crippen LogP contribution in [0.4, 0.5) is 0 Å². The molecule has 0 aromatic heterocycles. The van der Waals surface area contributed by atoms with E-state index >= 15 is 0 Å². The van der Waals surface area contributed by atoms with Gasteiger partial charge in [0.25, 0.3) is 0 Å². The van der Waals surface area contributed by atoms with E-state index in [1.54, 1.807) is 6.92 Å². The molecule has 0 aromatic rings. The SMILES string of the molecule is CC(=O)CC1=CC=CC1. The second-order valence-corrected chi connectivity index (χ2v) is 2.34. The van der Waals surface area contributed by atoms with E-state index in [2.05, 4.69) is 6.08 Å². The highest BCUT2D eigenvalue weighted by Gasteiger charge is 2.00. The molecule has 0 N–H and O–H groups in total. The fourth-order valence-electron chi connectivity index (χ4n) is 0.942. The summed E-state index contributed by atoms with van der Waals surface area (Å²) in [6.07, 6.45) is 7.69. The molecule has 1 aliphatic carbocycles. The second kappa shape index (κ2) is 2.62. The molecule has 0 unspecified atom stereocenters. The molecule has 0 aromatic carbocycles. The lowest BCUT2D eigenvalue weighted by Gasteiger charge is -1.93. The van der Waals surface area contributed by atoms with Gasteiger partial charge in [0, 0.05) is 6.42 Å². The molecule has 0 saturated carbocycles. The lowest BCUT2D eigenvalue weighted by molar-refractivity contribution is -0.116. The third-order valence-electron chi connectivity index (χ3n) is 1.32. The molecule has 0 bridgehead atoms. The van der Waals surface area contributed by atoms with Gasteiger partial charge in [-0.05, 0) is 13.3 Å². The van der Waals surface area contributed by atoms with E-state index < -0.39 is 0 Å². The Bertz CT molecular complexity index is 175. The maximum atomic E-state index is 10.5. The average Bonchev–Trinajstić information content (AvgIpc) is 2.15. The Morgan fingerprint density at radius 3 is 3.00 bits per heavy atom. The first-order valence-corrected chi connectivity index (χ1v) is 3.13. The predicted molar refractivity (Wildman–Crippen MR) is 37.1 cm³/mol. The minimum Gasteiger partial charge on any atom is -0.300 e. The maximum Gasteiger partial charge on any atom is 0.133 e. The van der Waals surface area contributed by atoms with E-state index in [4.69, 9.17) is 0 Å². The number of hydrogen-bond acceptors (Lipinski definition) is 1. The molecule has 9 heavy (non-hydrogen) atoms. The van der Waals surface area contributed by atoms with Crippen LogP contribution in [-0.2, 0) is 4.79 Å². The maximum absolute atomic E-state index is 10.5. The van der Waals surface area contributed by atoms with Gasteiger partial charge in [-0.25, -0.2) is 0 Å². The van der Waals surface area contributed by atoms with E-state index in [-0.39, 0.29) is 5.78 Å². The molecule has 1 nitrogen and oxygen atoms in total. The molecular weight excluding hydrogens is 112 g/mol. The van der Waals surface area contributed by atoms with Crippen LogP contribution < -0.4 is 0 Å². The molecule has 0 atom stereocenters. The molecule has 0 fully saturated rings. The molecule has 0 spiro atoms. The van der Waals surface area contributed by atoms with Crippen molar-refractivity contribution in [1.29, 1.82) is 0 Å². The van der Waals surface area contributed by atoms with E-state index in [0.717, 1.165) is 6.42 Å². The topological polar surface area (TPSA) is 17.1 Å². The minimum atomic E-state index is 0.255. The Morgan fingerprint density at radius 1 is 1.78 bits per heavy atom. The first-order valence-electron chi connectivity index (χ1n) is 3.13. The summed E-state index contributed by atoms with van der Waals surface area (Å²) in [4.78, 5) is 10.5. The largest absolute Gasteiger partial charge is 0.300 e. The summed E-state index contributed by atoms with van der Waals surface area (Å²) in [6, 6.07) is 0. The highest BCUT2D eigenvalue weighted by molar-refractivity contribution is 5.78. The molecule has 1 heteroatoms. The van der Waals surface area contributed by atoms with Gasteiger partial charge in [0.1, 0.15) is 5.78 Å². The number of hydrogen-bond donors (Lipinski definition) is 0. The van der Waals surface area contributed by atoms with Crippen LogP contribution in [0.15, 0.2) is 23.8 Å². The zero-order valence-electron chi connectivity index (χ0n) is 5.55. The molecule has 48 valence electrons. The van der Waals surface area contributed by atoms with E-state index in [1.165, 1.54) is 5.57 Å². The van der Waals surface area contributed by atoms with Gasteiger partial charge in [-0.1, -0.05) is 23.8 Å². The van der Waals surface area contributed by atoms with Gasteiger partial charge in [0.2, 0.25) is 0 Å². The van der Waals surface area contributed by atoms with Crippen molar-refractivity contribution in [1.82, 2.24) is 0 Å². The van der Waals surface area contributed by atoms with Crippen LogP contribution in [0, 0.1) is 0 Å². The number of carbonyl (C=O) groups excluding carboxylic acids is 1. The third kappa shape index (κ3) is 1.84. The molecule has 0 heterocycles. The zero-order valence-corrected chi connectivity index (χ0v) is 5.55. The van der Waals surface area contributed by atoms with Gasteiger partial charge in [-0.2, -0.15) is 0 Å². The monoisotopic (exact) mass is 122 g/mol. The quantitative estimate of drug-likeness (QED) is 0.546. The van der Waals surface area contributed by atoms with Crippen molar-refractivity contribution in [3.8, 4) is 0 Å². The number of ketones is 1. The van der Waals surface area contributed by atoms with Crippen LogP contribution in [-0.4, -0.2) is 5.78 Å². The van der Waals surface area contributed by atoms with Gasteiger partial charge in [0.05, 0.1) is 0 Å². The van der Waals surface area contributed by atoms with Gasteiger partial charge in [0.15, 0.2) is 0 Å². The molecule has 0 amide bonds. The Kier molecular flexibility index (Phi) is 1.83. The zero-order chi connectivity index (χ0) is 6.69. The van der Waals surface area contributed by atoms with Crippen LogP contribution in [0.25, 0.3) is 0 Å². The van der Waals surface area contributed by atoms with Gasteiger partial charge in [-0.15, -0.1) is 0 Å².